The topological polar surface area (TPSA) is 68.5 Å². The Hall–Kier alpha value is -0.190. The highest BCUT2D eigenvalue weighted by molar-refractivity contribution is 5.85. The van der Waals surface area contributed by atoms with Crippen molar-refractivity contribution < 1.29 is 5.21 Å². The minimum Gasteiger partial charge on any atom is -0.315 e. The number of nitrogens with zero attached hydrogens (tertiary/aromatic N) is 1. The summed E-state index contributed by atoms with van der Waals surface area (Å²) in [5.41, 5.74) is 7.67. The largest absolute Gasteiger partial charge is 0.315 e. The third-order valence-electron chi connectivity index (χ3n) is 0.150. The van der Waals surface area contributed by atoms with E-state index in [1.54, 1.807) is 5.48 Å². The van der Waals surface area contributed by atoms with Crippen molar-refractivity contribution in [3.63, 3.8) is 0 Å². The van der Waals surface area contributed by atoms with Crippen molar-refractivity contribution in [2.24, 2.45) is 5.11 Å². The van der Waals surface area contributed by atoms with Crippen LogP contribution >= 0.6 is 12.4 Å². The van der Waals surface area contributed by atoms with Gasteiger partial charge in [-0.1, -0.05) is 0 Å². The number of hydrogen-bond acceptors (Lipinski definition) is 4. The van der Waals surface area contributed by atoms with E-state index in [4.69, 9.17) is 10.7 Å². The van der Waals surface area contributed by atoms with Gasteiger partial charge in [-0.15, -0.1) is 12.4 Å². The minimum atomic E-state index is -0.0139. The fourth-order valence-corrected chi connectivity index (χ4v) is 0.0354. The van der Waals surface area contributed by atoms with Gasteiger partial charge in [0.1, 0.15) is 6.67 Å². The maximum Gasteiger partial charge on any atom is 0.132 e. The summed E-state index contributed by atoms with van der Waals surface area (Å²) >= 11 is 0. The second-order valence-corrected chi connectivity index (χ2v) is 0.474. The van der Waals surface area contributed by atoms with Gasteiger partial charge in [0.25, 0.3) is 0 Å². The Balaban J connectivity index is 0. The predicted octanol–water partition coefficient (Wildman–Crippen LogP) is 0.375. The molecule has 0 saturated heterocycles. The molecule has 0 saturated carbocycles. The van der Waals surface area contributed by atoms with E-state index in [1.807, 2.05) is 0 Å². The quantitative estimate of drug-likeness (QED) is 0.356. The molecule has 3 N–H and O–H groups in total. The molecule has 0 aromatic rings. The highest BCUT2D eigenvalue weighted by atomic mass is 35.5. The summed E-state index contributed by atoms with van der Waals surface area (Å²) in [6, 6.07) is 0. The van der Waals surface area contributed by atoms with E-state index in [9.17, 15) is 0 Å². The van der Waals surface area contributed by atoms with E-state index >= 15 is 0 Å². The van der Waals surface area contributed by atoms with Crippen LogP contribution in [0.3, 0.4) is 0 Å². The van der Waals surface area contributed by atoms with Crippen LogP contribution in [-0.4, -0.2) is 11.9 Å². The number of halogens is 1. The van der Waals surface area contributed by atoms with E-state index in [0.29, 0.717) is 0 Å². The molecule has 0 rings (SSSR count). The van der Waals surface area contributed by atoms with Gasteiger partial charge in [-0.2, -0.15) is 10.6 Å². The van der Waals surface area contributed by atoms with Crippen molar-refractivity contribution >= 4 is 12.4 Å². The van der Waals surface area contributed by atoms with Crippen molar-refractivity contribution in [1.29, 1.82) is 5.53 Å². The zero-order chi connectivity index (χ0) is 4.12. The van der Waals surface area contributed by atoms with Crippen LogP contribution < -0.4 is 5.48 Å². The lowest BCUT2D eigenvalue weighted by Crippen LogP contribution is -2.03. The van der Waals surface area contributed by atoms with Gasteiger partial charge >= 0.3 is 0 Å². The molecule has 0 spiro atoms. The van der Waals surface area contributed by atoms with Crippen LogP contribution in [0.25, 0.3) is 0 Å². The first-order chi connectivity index (χ1) is 2.41. The van der Waals surface area contributed by atoms with Gasteiger partial charge in [-0.05, 0) is 0 Å². The average molecular weight is 112 g/mol. The molecule has 0 atom stereocenters. The Bertz CT molecular complexity index is 32.0. The Morgan fingerprint density at radius 1 is 1.83 bits per heavy atom. The molecule has 0 aliphatic carbocycles. The van der Waals surface area contributed by atoms with E-state index < -0.39 is 0 Å². The molecule has 0 unspecified atom stereocenters. The Morgan fingerprint density at radius 2 is 2.33 bits per heavy atom. The molecule has 0 aliphatic heterocycles. The number of nitrogens with one attached hydrogen (secondary N) is 2. The van der Waals surface area contributed by atoms with Crippen molar-refractivity contribution in [1.82, 2.24) is 5.48 Å². The number of hydroxylamine groups is 1. The minimum absolute atomic E-state index is 0. The first kappa shape index (κ1) is 9.26. The molecule has 0 aliphatic rings. The van der Waals surface area contributed by atoms with Crippen molar-refractivity contribution in [3.8, 4) is 0 Å². The summed E-state index contributed by atoms with van der Waals surface area (Å²) in [5, 5.41) is 10.3. The van der Waals surface area contributed by atoms with Gasteiger partial charge in [0.15, 0.2) is 0 Å². The molecular formula is CH6ClN3O. The summed E-state index contributed by atoms with van der Waals surface area (Å²) in [5.74, 6) is 0. The van der Waals surface area contributed by atoms with Crippen LogP contribution in [0.2, 0.25) is 0 Å². The van der Waals surface area contributed by atoms with Crippen LogP contribution in [0.4, 0.5) is 0 Å². The molecule has 5 heteroatoms. The third-order valence-corrected chi connectivity index (χ3v) is 0.150. The molecule has 38 valence electrons. The fraction of sp³-hybridized carbons (Fsp3) is 1.00. The predicted molar refractivity (Wildman–Crippen MR) is 22.2 cm³/mol. The van der Waals surface area contributed by atoms with Crippen LogP contribution in [0.1, 0.15) is 0 Å². The normalized spacial score (nSPS) is 6.17. The SMILES string of the molecule is Cl.N=NCNO. The molecule has 0 fully saturated rings. The second-order valence-electron chi connectivity index (χ2n) is 0.474. The summed E-state index contributed by atoms with van der Waals surface area (Å²) < 4.78 is 0. The van der Waals surface area contributed by atoms with Crippen molar-refractivity contribution in [2.45, 2.75) is 0 Å². The van der Waals surface area contributed by atoms with E-state index in [2.05, 4.69) is 5.11 Å². The molecule has 0 aromatic heterocycles. The van der Waals surface area contributed by atoms with Crippen LogP contribution in [0.15, 0.2) is 5.11 Å². The van der Waals surface area contributed by atoms with Gasteiger partial charge in [0.05, 0.1) is 0 Å². The summed E-state index contributed by atoms with van der Waals surface area (Å²) in [6.45, 7) is -0.0139. The van der Waals surface area contributed by atoms with Crippen LogP contribution in [0, 0.1) is 5.53 Å². The lowest BCUT2D eigenvalue weighted by molar-refractivity contribution is 0.168. The molecule has 6 heavy (non-hydrogen) atoms. The average Bonchev–Trinajstić information content (AvgIpc) is 1.41. The van der Waals surface area contributed by atoms with Crippen molar-refractivity contribution in [3.05, 3.63) is 0 Å². The Kier molecular flexibility index (Phi) is 13.6. The molecule has 0 heterocycles. The zero-order valence-electron chi connectivity index (χ0n) is 3.01. The third kappa shape index (κ3) is 9.18. The van der Waals surface area contributed by atoms with Crippen LogP contribution in [-0.2, 0) is 0 Å². The smallest absolute Gasteiger partial charge is 0.132 e. The van der Waals surface area contributed by atoms with Gasteiger partial charge in [0, 0.05) is 0 Å². The summed E-state index contributed by atoms with van der Waals surface area (Å²) in [4.78, 5) is 0. The molecule has 4 nitrogen and oxygen atoms in total. The van der Waals surface area contributed by atoms with E-state index in [0.717, 1.165) is 0 Å². The molecular weight excluding hydrogens is 105 g/mol. The standard InChI is InChI=1S/CH5N3O.ClH/c2-3-1-4-5;/h2,4-5H,1H2;1H. The molecule has 0 radical (unpaired) electrons. The maximum absolute atomic E-state index is 7.60. The highest BCUT2D eigenvalue weighted by Gasteiger charge is 1.60. The second kappa shape index (κ2) is 8.84. The first-order valence-electron chi connectivity index (χ1n) is 1.12. The van der Waals surface area contributed by atoms with Gasteiger partial charge in [-0.25, -0.2) is 5.53 Å². The maximum atomic E-state index is 7.60. The monoisotopic (exact) mass is 111 g/mol. The fourth-order valence-electron chi connectivity index (χ4n) is 0.0354. The molecule has 0 aromatic carbocycles. The lowest BCUT2D eigenvalue weighted by atomic mass is 11.2. The Labute approximate surface area is 41.4 Å². The van der Waals surface area contributed by atoms with Gasteiger partial charge in [0.2, 0.25) is 0 Å². The molecule has 0 bridgehead atoms. The first-order valence-corrected chi connectivity index (χ1v) is 1.12. The van der Waals surface area contributed by atoms with Crippen LogP contribution in [0.5, 0.6) is 0 Å². The van der Waals surface area contributed by atoms with E-state index in [-0.39, 0.29) is 19.1 Å². The van der Waals surface area contributed by atoms with Gasteiger partial charge in [-0.3, -0.25) is 0 Å². The highest BCUT2D eigenvalue weighted by Crippen LogP contribution is 1.48. The molecule has 0 amide bonds. The lowest BCUT2D eigenvalue weighted by Gasteiger charge is -1.77. The summed E-state index contributed by atoms with van der Waals surface area (Å²) in [6.07, 6.45) is 0. The van der Waals surface area contributed by atoms with Gasteiger partial charge < -0.3 is 5.21 Å². The Morgan fingerprint density at radius 3 is 2.33 bits per heavy atom. The van der Waals surface area contributed by atoms with Crippen molar-refractivity contribution in [2.75, 3.05) is 6.67 Å². The summed E-state index contributed by atoms with van der Waals surface area (Å²) in [7, 11) is 0. The zero-order valence-corrected chi connectivity index (χ0v) is 3.83. The number of rotatable bonds is 2. The van der Waals surface area contributed by atoms with E-state index in [1.165, 1.54) is 0 Å². The number of hydrogen-bond donors (Lipinski definition) is 3.